The van der Waals surface area contributed by atoms with E-state index in [1.807, 2.05) is 0 Å². The van der Waals surface area contributed by atoms with Crippen LogP contribution in [0.25, 0.3) is 0 Å². The molecule has 0 heterocycles. The van der Waals surface area contributed by atoms with Crippen LogP contribution in [0.3, 0.4) is 0 Å². The van der Waals surface area contributed by atoms with Crippen molar-refractivity contribution in [3.63, 3.8) is 0 Å². The third kappa shape index (κ3) is 4.99. The van der Waals surface area contributed by atoms with Gasteiger partial charge in [0.05, 0.1) is 12.5 Å². The van der Waals surface area contributed by atoms with Gasteiger partial charge in [0.1, 0.15) is 11.6 Å². The molecule has 0 saturated carbocycles. The molecule has 1 amide bonds. The molecule has 0 radical (unpaired) electrons. The molecule has 0 bridgehead atoms. The highest BCUT2D eigenvalue weighted by atomic mass is 19.3. The van der Waals surface area contributed by atoms with Crippen molar-refractivity contribution in [1.82, 2.24) is 5.32 Å². The number of hydrogen-bond acceptors (Lipinski definition) is 3. The summed E-state index contributed by atoms with van der Waals surface area (Å²) in [5, 5.41) is 12.3. The number of nitrogens with one attached hydrogen (secondary N) is 1. The maximum absolute atomic E-state index is 13.5. The third-order valence-electron chi connectivity index (χ3n) is 3.30. The summed E-state index contributed by atoms with van der Waals surface area (Å²) in [4.78, 5) is 11.9. The average molecular weight is 339 g/mol. The van der Waals surface area contributed by atoms with Crippen molar-refractivity contribution < 1.29 is 27.8 Å². The first-order valence-corrected chi connectivity index (χ1v) is 7.19. The van der Waals surface area contributed by atoms with Crippen LogP contribution in [0.1, 0.15) is 17.2 Å². The molecule has 1 atom stereocenters. The van der Waals surface area contributed by atoms with Crippen molar-refractivity contribution in [2.24, 2.45) is 0 Å². The lowest BCUT2D eigenvalue weighted by Crippen LogP contribution is -2.30. The Hall–Kier alpha value is -2.54. The topological polar surface area (TPSA) is 58.6 Å². The number of ether oxygens (including phenoxy) is 1. The van der Waals surface area contributed by atoms with Crippen LogP contribution in [0.15, 0.2) is 48.5 Å². The van der Waals surface area contributed by atoms with Gasteiger partial charge in [0, 0.05) is 17.7 Å². The lowest BCUT2D eigenvalue weighted by Gasteiger charge is -2.14. The molecule has 0 aliphatic heterocycles. The average Bonchev–Trinajstić information content (AvgIpc) is 2.54. The molecular formula is C17H16F3NO3. The number of carbonyl (C=O) groups is 1. The molecule has 0 aliphatic carbocycles. The van der Waals surface area contributed by atoms with Gasteiger partial charge in [0.25, 0.3) is 0 Å². The van der Waals surface area contributed by atoms with E-state index in [1.54, 1.807) is 12.1 Å². The fourth-order valence-corrected chi connectivity index (χ4v) is 2.16. The molecule has 0 spiro atoms. The van der Waals surface area contributed by atoms with Crippen LogP contribution >= 0.6 is 0 Å². The molecule has 0 aromatic heterocycles. The summed E-state index contributed by atoms with van der Waals surface area (Å²) in [6.45, 7) is -3.19. The smallest absolute Gasteiger partial charge is 0.387 e. The Bertz CT molecular complexity index is 694. The van der Waals surface area contributed by atoms with Crippen molar-refractivity contribution in [2.45, 2.75) is 19.1 Å². The Kier molecular flexibility index (Phi) is 6.20. The van der Waals surface area contributed by atoms with E-state index in [1.165, 1.54) is 36.4 Å². The second-order valence-corrected chi connectivity index (χ2v) is 5.00. The quantitative estimate of drug-likeness (QED) is 0.816. The van der Waals surface area contributed by atoms with E-state index in [0.29, 0.717) is 0 Å². The van der Waals surface area contributed by atoms with Crippen LogP contribution in [0, 0.1) is 5.82 Å². The fourth-order valence-electron chi connectivity index (χ4n) is 2.16. The molecule has 4 nitrogen and oxygen atoms in total. The molecule has 0 fully saturated rings. The zero-order valence-electron chi connectivity index (χ0n) is 12.6. The zero-order chi connectivity index (χ0) is 17.5. The molecule has 1 unspecified atom stereocenters. The minimum atomic E-state index is -2.99. The standard InChI is InChI=1S/C17H16F3NO3/c18-13-7-3-2-6-12(13)14(22)10-21-16(23)9-11-5-1-4-8-15(11)24-17(19)20/h1-8,14,17,22H,9-10H2,(H,21,23). The first-order chi connectivity index (χ1) is 11.5. The van der Waals surface area contributed by atoms with Gasteiger partial charge in [0.15, 0.2) is 0 Å². The molecule has 2 N–H and O–H groups in total. The van der Waals surface area contributed by atoms with Crippen molar-refractivity contribution in [2.75, 3.05) is 6.54 Å². The minimum absolute atomic E-state index is 0.0687. The molecule has 2 aromatic carbocycles. The van der Waals surface area contributed by atoms with Gasteiger partial charge in [-0.25, -0.2) is 4.39 Å². The van der Waals surface area contributed by atoms with Crippen molar-refractivity contribution >= 4 is 5.91 Å². The summed E-state index contributed by atoms with van der Waals surface area (Å²) in [5.74, 6) is -1.16. The van der Waals surface area contributed by atoms with Gasteiger partial charge in [-0.3, -0.25) is 4.79 Å². The normalized spacial score (nSPS) is 12.0. The highest BCUT2D eigenvalue weighted by molar-refractivity contribution is 5.79. The maximum Gasteiger partial charge on any atom is 0.387 e. The maximum atomic E-state index is 13.5. The summed E-state index contributed by atoms with van der Waals surface area (Å²) < 4.78 is 42.5. The summed E-state index contributed by atoms with van der Waals surface area (Å²) in [7, 11) is 0. The first-order valence-electron chi connectivity index (χ1n) is 7.19. The van der Waals surface area contributed by atoms with E-state index in [2.05, 4.69) is 10.1 Å². The number of alkyl halides is 2. The number of carbonyl (C=O) groups excluding carboxylic acids is 1. The number of aliphatic hydroxyl groups is 1. The van der Waals surface area contributed by atoms with Crippen LogP contribution in [0.2, 0.25) is 0 Å². The summed E-state index contributed by atoms with van der Waals surface area (Å²) in [6.07, 6.45) is -1.41. The van der Waals surface area contributed by atoms with Crippen molar-refractivity contribution in [3.8, 4) is 5.75 Å². The van der Waals surface area contributed by atoms with Crippen LogP contribution in [-0.4, -0.2) is 24.2 Å². The zero-order valence-corrected chi connectivity index (χ0v) is 12.6. The lowest BCUT2D eigenvalue weighted by molar-refractivity contribution is -0.121. The van der Waals surface area contributed by atoms with Gasteiger partial charge < -0.3 is 15.2 Å². The van der Waals surface area contributed by atoms with E-state index in [4.69, 9.17) is 0 Å². The highest BCUT2D eigenvalue weighted by Gasteiger charge is 2.15. The van der Waals surface area contributed by atoms with Gasteiger partial charge in [-0.15, -0.1) is 0 Å². The molecule has 2 rings (SSSR count). The predicted octanol–water partition coefficient (Wildman–Crippen LogP) is 2.82. The van der Waals surface area contributed by atoms with Gasteiger partial charge in [0.2, 0.25) is 5.91 Å². The number of rotatable bonds is 7. The molecule has 7 heteroatoms. The minimum Gasteiger partial charge on any atom is -0.435 e. The Morgan fingerprint density at radius 1 is 1.12 bits per heavy atom. The Labute approximate surface area is 136 Å². The second-order valence-electron chi connectivity index (χ2n) is 5.00. The monoisotopic (exact) mass is 339 g/mol. The van der Waals surface area contributed by atoms with Gasteiger partial charge in [-0.1, -0.05) is 36.4 Å². The van der Waals surface area contributed by atoms with E-state index in [0.717, 1.165) is 0 Å². The molecule has 0 saturated heterocycles. The molecule has 24 heavy (non-hydrogen) atoms. The summed E-state index contributed by atoms with van der Waals surface area (Å²) >= 11 is 0. The van der Waals surface area contributed by atoms with E-state index in [9.17, 15) is 23.1 Å². The predicted molar refractivity (Wildman–Crippen MR) is 81.1 cm³/mol. The molecule has 2 aromatic rings. The summed E-state index contributed by atoms with van der Waals surface area (Å²) in [6, 6.07) is 11.6. The number of para-hydroxylation sites is 1. The Balaban J connectivity index is 1.93. The lowest BCUT2D eigenvalue weighted by atomic mass is 10.1. The van der Waals surface area contributed by atoms with Crippen LogP contribution in [0.4, 0.5) is 13.2 Å². The van der Waals surface area contributed by atoms with E-state index < -0.39 is 24.4 Å². The second kappa shape index (κ2) is 8.35. The third-order valence-corrected chi connectivity index (χ3v) is 3.30. The SMILES string of the molecule is O=C(Cc1ccccc1OC(F)F)NCC(O)c1ccccc1F. The largest absolute Gasteiger partial charge is 0.435 e. The number of aliphatic hydroxyl groups excluding tert-OH is 1. The van der Waals surface area contributed by atoms with E-state index >= 15 is 0 Å². The van der Waals surface area contributed by atoms with E-state index in [-0.39, 0.29) is 29.8 Å². The Morgan fingerprint density at radius 3 is 2.50 bits per heavy atom. The van der Waals surface area contributed by atoms with Crippen LogP contribution < -0.4 is 10.1 Å². The van der Waals surface area contributed by atoms with Crippen LogP contribution in [0.5, 0.6) is 5.75 Å². The Morgan fingerprint density at radius 2 is 1.79 bits per heavy atom. The van der Waals surface area contributed by atoms with Gasteiger partial charge >= 0.3 is 6.61 Å². The number of benzene rings is 2. The van der Waals surface area contributed by atoms with Crippen LogP contribution in [-0.2, 0) is 11.2 Å². The van der Waals surface area contributed by atoms with Crippen molar-refractivity contribution in [3.05, 3.63) is 65.5 Å². The molecule has 128 valence electrons. The summed E-state index contributed by atoms with van der Waals surface area (Å²) in [5.41, 5.74) is 0.356. The molecule has 0 aliphatic rings. The van der Waals surface area contributed by atoms with Gasteiger partial charge in [-0.05, 0) is 12.1 Å². The molecular weight excluding hydrogens is 323 g/mol. The number of amides is 1. The van der Waals surface area contributed by atoms with Gasteiger partial charge in [-0.2, -0.15) is 8.78 Å². The first kappa shape index (κ1) is 17.8. The fraction of sp³-hybridized carbons (Fsp3) is 0.235. The number of halogens is 3. The number of hydrogen-bond donors (Lipinski definition) is 2. The van der Waals surface area contributed by atoms with Crippen molar-refractivity contribution in [1.29, 1.82) is 0 Å². The highest BCUT2D eigenvalue weighted by Crippen LogP contribution is 2.21.